The predicted octanol–water partition coefficient (Wildman–Crippen LogP) is 0.719. The van der Waals surface area contributed by atoms with Crippen molar-refractivity contribution in [3.63, 3.8) is 0 Å². The Morgan fingerprint density at radius 3 is 1.92 bits per heavy atom. The number of hydrogen-bond acceptors (Lipinski definition) is 5. The summed E-state index contributed by atoms with van der Waals surface area (Å²) in [4.78, 5) is 0. The Kier molecular flexibility index (Phi) is 2.07. The normalized spacial score (nSPS) is 31.4. The van der Waals surface area contributed by atoms with E-state index in [0.29, 0.717) is 11.4 Å². The van der Waals surface area contributed by atoms with Gasteiger partial charge >= 0.3 is 0 Å². The molecule has 0 bridgehead atoms. The highest BCUT2D eigenvalue weighted by atomic mass is 16.5. The fraction of sp³-hybridized carbons (Fsp3) is 0.750. The summed E-state index contributed by atoms with van der Waals surface area (Å²) < 4.78 is 5.64. The van der Waals surface area contributed by atoms with Crippen LogP contribution in [0, 0.1) is 0 Å². The summed E-state index contributed by atoms with van der Waals surface area (Å²) in [5.74, 6) is 5.21. The first-order valence-corrected chi connectivity index (χ1v) is 4.06. The van der Waals surface area contributed by atoms with Crippen molar-refractivity contribution in [1.29, 1.82) is 0 Å². The van der Waals surface area contributed by atoms with Crippen LogP contribution in [-0.4, -0.2) is 27.8 Å². The number of rotatable bonds is 0. The molecule has 0 aromatic carbocycles. The van der Waals surface area contributed by atoms with Gasteiger partial charge in [-0.15, -0.1) is 0 Å². The lowest BCUT2D eigenvalue weighted by Crippen LogP contribution is -2.32. The number of oxime groups is 1. The largest absolute Gasteiger partial charge is 0.410 e. The van der Waals surface area contributed by atoms with E-state index in [2.05, 4.69) is 10.3 Å². The standard InChI is InChI=1S/C8H15N3O2/c1-7(2)5(10-9)6(11-12)8(3,4)13-7/h12H,9H2,1-4H3/b10-5+,11-6-. The van der Waals surface area contributed by atoms with Gasteiger partial charge in [0.1, 0.15) is 22.6 Å². The number of hydrazone groups is 1. The summed E-state index contributed by atoms with van der Waals surface area (Å²) in [5, 5.41) is 15.6. The van der Waals surface area contributed by atoms with Crippen LogP contribution in [0.3, 0.4) is 0 Å². The van der Waals surface area contributed by atoms with Crippen LogP contribution in [0.25, 0.3) is 0 Å². The predicted molar refractivity (Wildman–Crippen MR) is 50.1 cm³/mol. The van der Waals surface area contributed by atoms with E-state index in [1.54, 1.807) is 0 Å². The maximum atomic E-state index is 8.81. The van der Waals surface area contributed by atoms with E-state index in [0.717, 1.165) is 0 Å². The van der Waals surface area contributed by atoms with Gasteiger partial charge in [-0.2, -0.15) is 5.10 Å². The Morgan fingerprint density at radius 1 is 1.15 bits per heavy atom. The summed E-state index contributed by atoms with van der Waals surface area (Å²) in [6, 6.07) is 0. The molecule has 1 rings (SSSR count). The van der Waals surface area contributed by atoms with E-state index in [-0.39, 0.29) is 0 Å². The van der Waals surface area contributed by atoms with Gasteiger partial charge in [-0.25, -0.2) is 0 Å². The minimum atomic E-state index is -0.642. The first-order chi connectivity index (χ1) is 5.85. The second-order valence-corrected chi connectivity index (χ2v) is 4.05. The SMILES string of the molecule is CC1(C)OC(C)(C)C(=N/N)/C1=N/O. The summed E-state index contributed by atoms with van der Waals surface area (Å²) in [5.41, 5.74) is -0.365. The van der Waals surface area contributed by atoms with E-state index in [1.807, 2.05) is 27.7 Å². The lowest BCUT2D eigenvalue weighted by Gasteiger charge is -2.21. The van der Waals surface area contributed by atoms with E-state index in [4.69, 9.17) is 15.8 Å². The fourth-order valence-electron chi connectivity index (χ4n) is 1.69. The third kappa shape index (κ3) is 1.39. The van der Waals surface area contributed by atoms with Crippen molar-refractivity contribution in [3.8, 4) is 0 Å². The molecule has 1 heterocycles. The van der Waals surface area contributed by atoms with Gasteiger partial charge in [-0.1, -0.05) is 5.16 Å². The molecule has 1 saturated heterocycles. The first-order valence-electron chi connectivity index (χ1n) is 4.06. The molecule has 74 valence electrons. The van der Waals surface area contributed by atoms with E-state index >= 15 is 0 Å². The van der Waals surface area contributed by atoms with Gasteiger partial charge in [-0.05, 0) is 27.7 Å². The third-order valence-corrected chi connectivity index (χ3v) is 2.10. The zero-order chi connectivity index (χ0) is 10.3. The van der Waals surface area contributed by atoms with Gasteiger partial charge in [0, 0.05) is 0 Å². The minimum absolute atomic E-state index is 0.389. The average Bonchev–Trinajstić information content (AvgIpc) is 2.13. The summed E-state index contributed by atoms with van der Waals surface area (Å²) >= 11 is 0. The number of nitrogens with two attached hydrogens (primary N) is 1. The Hall–Kier alpha value is -1.10. The Morgan fingerprint density at radius 2 is 1.62 bits per heavy atom. The molecule has 0 unspecified atom stereocenters. The van der Waals surface area contributed by atoms with Crippen LogP contribution in [0.2, 0.25) is 0 Å². The van der Waals surface area contributed by atoms with Crippen LogP contribution < -0.4 is 5.84 Å². The molecule has 1 aliphatic rings. The third-order valence-electron chi connectivity index (χ3n) is 2.10. The molecule has 1 fully saturated rings. The summed E-state index contributed by atoms with van der Waals surface area (Å²) in [7, 11) is 0. The Balaban J connectivity index is 3.23. The van der Waals surface area contributed by atoms with Gasteiger partial charge < -0.3 is 15.8 Å². The Labute approximate surface area is 77.3 Å². The van der Waals surface area contributed by atoms with Crippen molar-refractivity contribution >= 4 is 11.4 Å². The molecular formula is C8H15N3O2. The van der Waals surface area contributed by atoms with Crippen molar-refractivity contribution in [2.75, 3.05) is 0 Å². The minimum Gasteiger partial charge on any atom is -0.410 e. The van der Waals surface area contributed by atoms with Gasteiger partial charge in [0.15, 0.2) is 0 Å². The molecule has 0 amide bonds. The number of ether oxygens (including phenoxy) is 1. The van der Waals surface area contributed by atoms with Crippen LogP contribution in [0.15, 0.2) is 10.3 Å². The molecule has 0 spiro atoms. The topological polar surface area (TPSA) is 80.2 Å². The Bertz CT molecular complexity index is 251. The first kappa shape index (κ1) is 9.98. The lowest BCUT2D eigenvalue weighted by molar-refractivity contribution is -0.0277. The molecule has 13 heavy (non-hydrogen) atoms. The molecule has 3 N–H and O–H groups in total. The molecule has 0 radical (unpaired) electrons. The highest BCUT2D eigenvalue weighted by Crippen LogP contribution is 2.32. The molecule has 0 aromatic rings. The van der Waals surface area contributed by atoms with Crippen molar-refractivity contribution in [2.45, 2.75) is 38.9 Å². The van der Waals surface area contributed by atoms with Crippen LogP contribution in [0.4, 0.5) is 0 Å². The van der Waals surface area contributed by atoms with E-state index in [9.17, 15) is 0 Å². The maximum absolute atomic E-state index is 8.81. The van der Waals surface area contributed by atoms with Gasteiger partial charge in [0.2, 0.25) is 0 Å². The number of hydrogen-bond donors (Lipinski definition) is 2. The maximum Gasteiger partial charge on any atom is 0.137 e. The van der Waals surface area contributed by atoms with Crippen molar-refractivity contribution in [2.24, 2.45) is 16.1 Å². The monoisotopic (exact) mass is 185 g/mol. The summed E-state index contributed by atoms with van der Waals surface area (Å²) in [6.45, 7) is 7.28. The van der Waals surface area contributed by atoms with Gasteiger partial charge in [0.25, 0.3) is 0 Å². The van der Waals surface area contributed by atoms with Gasteiger partial charge in [-0.3, -0.25) is 0 Å². The lowest BCUT2D eigenvalue weighted by atomic mass is 9.96. The van der Waals surface area contributed by atoms with E-state index < -0.39 is 11.2 Å². The molecule has 0 aliphatic carbocycles. The fourth-order valence-corrected chi connectivity index (χ4v) is 1.69. The van der Waals surface area contributed by atoms with Crippen LogP contribution in [0.5, 0.6) is 0 Å². The molecule has 0 atom stereocenters. The highest BCUT2D eigenvalue weighted by molar-refractivity contribution is 6.49. The van der Waals surface area contributed by atoms with Crippen LogP contribution in [0.1, 0.15) is 27.7 Å². The molecule has 5 heteroatoms. The second kappa shape index (κ2) is 2.70. The van der Waals surface area contributed by atoms with Crippen molar-refractivity contribution < 1.29 is 9.94 Å². The van der Waals surface area contributed by atoms with Crippen LogP contribution in [-0.2, 0) is 4.74 Å². The van der Waals surface area contributed by atoms with Crippen molar-refractivity contribution in [3.05, 3.63) is 0 Å². The molecule has 1 aliphatic heterocycles. The molecule has 0 aromatic heterocycles. The van der Waals surface area contributed by atoms with Crippen LogP contribution >= 0.6 is 0 Å². The smallest absolute Gasteiger partial charge is 0.137 e. The van der Waals surface area contributed by atoms with Crippen molar-refractivity contribution in [1.82, 2.24) is 0 Å². The molecular weight excluding hydrogens is 170 g/mol. The second-order valence-electron chi connectivity index (χ2n) is 4.05. The average molecular weight is 185 g/mol. The number of nitrogens with zero attached hydrogens (tertiary/aromatic N) is 2. The quantitative estimate of drug-likeness (QED) is 0.331. The molecule has 0 saturated carbocycles. The van der Waals surface area contributed by atoms with E-state index in [1.165, 1.54) is 0 Å². The zero-order valence-corrected chi connectivity index (χ0v) is 8.33. The summed E-state index contributed by atoms with van der Waals surface area (Å²) in [6.07, 6.45) is 0. The highest BCUT2D eigenvalue weighted by Gasteiger charge is 2.49. The molecule has 5 nitrogen and oxygen atoms in total. The van der Waals surface area contributed by atoms with Gasteiger partial charge in [0.05, 0.1) is 0 Å². The zero-order valence-electron chi connectivity index (χ0n) is 8.33.